The molecule has 0 bridgehead atoms. The smallest absolute Gasteiger partial charge is 0.354 e. The Hall–Kier alpha value is -3.20. The zero-order chi connectivity index (χ0) is 21.6. The zero-order valence-electron chi connectivity index (χ0n) is 16.7. The van der Waals surface area contributed by atoms with Crippen molar-refractivity contribution in [1.29, 1.82) is 0 Å². The second-order valence-electron chi connectivity index (χ2n) is 6.96. The number of anilines is 3. The van der Waals surface area contributed by atoms with Gasteiger partial charge in [-0.05, 0) is 57.4 Å². The number of benzene rings is 1. The number of hydrogen-bond acceptors (Lipinski definition) is 6. The minimum Gasteiger partial charge on any atom is -0.354 e. The van der Waals surface area contributed by atoms with E-state index in [0.717, 1.165) is 25.1 Å². The van der Waals surface area contributed by atoms with Crippen molar-refractivity contribution < 1.29 is 13.2 Å². The molecule has 158 valence electrons. The van der Waals surface area contributed by atoms with Crippen LogP contribution in [0, 0.1) is 0 Å². The van der Waals surface area contributed by atoms with Crippen LogP contribution in [-0.2, 0) is 6.18 Å². The fourth-order valence-electron chi connectivity index (χ4n) is 2.75. The van der Waals surface area contributed by atoms with Crippen LogP contribution in [0.4, 0.5) is 30.6 Å². The summed E-state index contributed by atoms with van der Waals surface area (Å²) in [6, 6.07) is 12.1. The molecule has 2 aromatic heterocycles. The lowest BCUT2D eigenvalue weighted by atomic mass is 10.2. The van der Waals surface area contributed by atoms with Gasteiger partial charge in [0.25, 0.3) is 0 Å². The normalized spacial score (nSPS) is 11.5. The summed E-state index contributed by atoms with van der Waals surface area (Å²) in [6.07, 6.45) is -1.87. The van der Waals surface area contributed by atoms with E-state index >= 15 is 0 Å². The van der Waals surface area contributed by atoms with Gasteiger partial charge in [-0.3, -0.25) is 4.98 Å². The van der Waals surface area contributed by atoms with Crippen molar-refractivity contribution in [2.75, 3.05) is 37.8 Å². The lowest BCUT2D eigenvalue weighted by molar-refractivity contribution is -0.137. The standard InChI is InChI=1S/C21H23F3N6/c1-30(2)12-6-11-26-20-28-18(17-9-3-4-10-25-17)14-19(29-20)27-16-8-5-7-15(13-16)21(22,23)24/h3-5,7-10,13-14H,6,11-12H2,1-2H3,(H2,26,27,28,29). The summed E-state index contributed by atoms with van der Waals surface area (Å²) in [4.78, 5) is 15.3. The number of aromatic nitrogens is 3. The molecule has 6 nitrogen and oxygen atoms in total. The second kappa shape index (κ2) is 9.53. The highest BCUT2D eigenvalue weighted by molar-refractivity contribution is 5.65. The molecule has 1 aromatic carbocycles. The van der Waals surface area contributed by atoms with Crippen LogP contribution in [-0.4, -0.2) is 47.0 Å². The monoisotopic (exact) mass is 416 g/mol. The van der Waals surface area contributed by atoms with Crippen LogP contribution in [0.3, 0.4) is 0 Å². The second-order valence-corrected chi connectivity index (χ2v) is 6.96. The molecule has 3 aromatic rings. The van der Waals surface area contributed by atoms with Crippen molar-refractivity contribution in [2.24, 2.45) is 0 Å². The summed E-state index contributed by atoms with van der Waals surface area (Å²) >= 11 is 0. The molecule has 2 heterocycles. The third-order valence-corrected chi connectivity index (χ3v) is 4.18. The molecule has 0 aliphatic heterocycles. The van der Waals surface area contributed by atoms with Gasteiger partial charge in [-0.15, -0.1) is 0 Å². The van der Waals surface area contributed by atoms with E-state index in [9.17, 15) is 13.2 Å². The highest BCUT2D eigenvalue weighted by atomic mass is 19.4. The maximum absolute atomic E-state index is 13.0. The van der Waals surface area contributed by atoms with Gasteiger partial charge in [-0.1, -0.05) is 12.1 Å². The first-order valence-corrected chi connectivity index (χ1v) is 9.44. The maximum atomic E-state index is 13.0. The van der Waals surface area contributed by atoms with Crippen LogP contribution >= 0.6 is 0 Å². The highest BCUT2D eigenvalue weighted by Gasteiger charge is 2.30. The highest BCUT2D eigenvalue weighted by Crippen LogP contribution is 2.31. The molecule has 0 fully saturated rings. The molecule has 0 spiro atoms. The molecule has 0 radical (unpaired) electrons. The van der Waals surface area contributed by atoms with Gasteiger partial charge in [0.2, 0.25) is 5.95 Å². The van der Waals surface area contributed by atoms with Gasteiger partial charge in [0.05, 0.1) is 17.0 Å². The fourth-order valence-corrected chi connectivity index (χ4v) is 2.75. The van der Waals surface area contributed by atoms with Crippen LogP contribution in [0.1, 0.15) is 12.0 Å². The van der Waals surface area contributed by atoms with Gasteiger partial charge < -0.3 is 15.5 Å². The predicted molar refractivity (Wildman–Crippen MR) is 112 cm³/mol. The van der Waals surface area contributed by atoms with E-state index in [1.54, 1.807) is 24.4 Å². The van der Waals surface area contributed by atoms with Crippen LogP contribution < -0.4 is 10.6 Å². The molecule has 9 heteroatoms. The van der Waals surface area contributed by atoms with Crippen molar-refractivity contribution in [3.63, 3.8) is 0 Å². The molecule has 30 heavy (non-hydrogen) atoms. The van der Waals surface area contributed by atoms with E-state index in [-0.39, 0.29) is 5.69 Å². The molecule has 0 aliphatic rings. The van der Waals surface area contributed by atoms with Crippen LogP contribution in [0.15, 0.2) is 54.7 Å². The lowest BCUT2D eigenvalue weighted by Crippen LogP contribution is -2.17. The van der Waals surface area contributed by atoms with Crippen molar-refractivity contribution in [3.05, 3.63) is 60.3 Å². The van der Waals surface area contributed by atoms with Gasteiger partial charge >= 0.3 is 6.18 Å². The third-order valence-electron chi connectivity index (χ3n) is 4.18. The fraction of sp³-hybridized carbons (Fsp3) is 0.286. The van der Waals surface area contributed by atoms with Crippen molar-refractivity contribution in [2.45, 2.75) is 12.6 Å². The Labute approximate surface area is 173 Å². The Morgan fingerprint density at radius 1 is 0.967 bits per heavy atom. The third kappa shape index (κ3) is 6.15. The molecule has 0 aliphatic carbocycles. The van der Waals surface area contributed by atoms with Gasteiger partial charge in [-0.2, -0.15) is 18.2 Å². The number of rotatable bonds is 8. The molecule has 0 atom stereocenters. The molecule has 2 N–H and O–H groups in total. The van der Waals surface area contributed by atoms with E-state index in [4.69, 9.17) is 0 Å². The molecule has 0 unspecified atom stereocenters. The summed E-state index contributed by atoms with van der Waals surface area (Å²) < 4.78 is 39.0. The molecule has 0 saturated carbocycles. The number of halogens is 3. The van der Waals surface area contributed by atoms with E-state index < -0.39 is 11.7 Å². The zero-order valence-corrected chi connectivity index (χ0v) is 16.7. The summed E-state index contributed by atoms with van der Waals surface area (Å²) in [5, 5.41) is 6.12. The van der Waals surface area contributed by atoms with E-state index in [1.165, 1.54) is 6.07 Å². The molecular formula is C21H23F3N6. The quantitative estimate of drug-likeness (QED) is 0.521. The summed E-state index contributed by atoms with van der Waals surface area (Å²) in [5.41, 5.74) is 0.765. The number of nitrogens with zero attached hydrogens (tertiary/aromatic N) is 4. The van der Waals surface area contributed by atoms with E-state index in [0.29, 0.717) is 29.7 Å². The predicted octanol–water partition coefficient (Wildman–Crippen LogP) is 4.66. The minimum absolute atomic E-state index is 0.286. The van der Waals surface area contributed by atoms with E-state index in [2.05, 4.69) is 30.5 Å². The van der Waals surface area contributed by atoms with Gasteiger partial charge in [0.15, 0.2) is 0 Å². The average Bonchev–Trinajstić information content (AvgIpc) is 2.71. The Balaban J connectivity index is 1.86. The summed E-state index contributed by atoms with van der Waals surface area (Å²) in [7, 11) is 3.99. The molecule has 0 saturated heterocycles. The van der Waals surface area contributed by atoms with Crippen LogP contribution in [0.25, 0.3) is 11.4 Å². The maximum Gasteiger partial charge on any atom is 0.416 e. The van der Waals surface area contributed by atoms with Crippen molar-refractivity contribution in [1.82, 2.24) is 19.9 Å². The minimum atomic E-state index is -4.42. The lowest BCUT2D eigenvalue weighted by Gasteiger charge is -2.13. The number of hydrogen-bond donors (Lipinski definition) is 2. The van der Waals surface area contributed by atoms with Crippen molar-refractivity contribution in [3.8, 4) is 11.4 Å². The number of alkyl halides is 3. The summed E-state index contributed by atoms with van der Waals surface area (Å²) in [6.45, 7) is 1.56. The molecular weight excluding hydrogens is 393 g/mol. The first-order chi connectivity index (χ1) is 14.3. The summed E-state index contributed by atoms with van der Waals surface area (Å²) in [5.74, 6) is 0.756. The SMILES string of the molecule is CN(C)CCCNc1nc(Nc2cccc(C(F)(F)F)c2)cc(-c2ccccn2)n1. The number of nitrogens with one attached hydrogen (secondary N) is 2. The topological polar surface area (TPSA) is 66.0 Å². The average molecular weight is 416 g/mol. The molecule has 0 amide bonds. The van der Waals surface area contributed by atoms with Gasteiger partial charge in [0, 0.05) is 24.5 Å². The largest absolute Gasteiger partial charge is 0.416 e. The first-order valence-electron chi connectivity index (χ1n) is 9.44. The Kier molecular flexibility index (Phi) is 6.83. The van der Waals surface area contributed by atoms with Crippen LogP contribution in [0.5, 0.6) is 0 Å². The van der Waals surface area contributed by atoms with Crippen molar-refractivity contribution >= 4 is 17.5 Å². The Morgan fingerprint density at radius 2 is 1.80 bits per heavy atom. The Morgan fingerprint density at radius 3 is 2.50 bits per heavy atom. The van der Waals surface area contributed by atoms with Gasteiger partial charge in [0.1, 0.15) is 5.82 Å². The number of pyridine rings is 1. The molecule has 3 rings (SSSR count). The first kappa shape index (κ1) is 21.5. The Bertz CT molecular complexity index is 960. The van der Waals surface area contributed by atoms with Gasteiger partial charge in [-0.25, -0.2) is 4.98 Å². The van der Waals surface area contributed by atoms with Crippen LogP contribution in [0.2, 0.25) is 0 Å². The van der Waals surface area contributed by atoms with E-state index in [1.807, 2.05) is 26.2 Å².